The molecule has 0 aromatic heterocycles. The molecule has 0 heterocycles. The Morgan fingerprint density at radius 2 is 1.44 bits per heavy atom. The Kier molecular flexibility index (Phi) is 7.71. The van der Waals surface area contributed by atoms with Crippen LogP contribution in [0.4, 0.5) is 5.69 Å². The molecule has 0 saturated carbocycles. The van der Waals surface area contributed by atoms with Gasteiger partial charge in [0.25, 0.3) is 10.0 Å². The van der Waals surface area contributed by atoms with Crippen LogP contribution >= 0.6 is 0 Å². The van der Waals surface area contributed by atoms with Gasteiger partial charge in [-0.25, -0.2) is 8.42 Å². The van der Waals surface area contributed by atoms with Gasteiger partial charge < -0.3 is 10.1 Å². The largest absolute Gasteiger partial charge is 0.497 e. The van der Waals surface area contributed by atoms with E-state index in [0.29, 0.717) is 11.4 Å². The van der Waals surface area contributed by atoms with E-state index in [-0.39, 0.29) is 4.90 Å². The SMILES string of the molecule is COc1cccc(N(CC(=O)N[C@H](c2ccccc2)c2ccc(C)cc2)S(=O)(=O)c2ccccc2)c1. The predicted molar refractivity (Wildman–Crippen MR) is 142 cm³/mol. The fraction of sp³-hybridized carbons (Fsp3) is 0.138. The molecule has 0 saturated heterocycles. The highest BCUT2D eigenvalue weighted by Crippen LogP contribution is 2.28. The molecule has 0 spiro atoms. The first-order chi connectivity index (χ1) is 17.4. The zero-order valence-corrected chi connectivity index (χ0v) is 21.0. The molecule has 1 N–H and O–H groups in total. The van der Waals surface area contributed by atoms with Crippen molar-refractivity contribution in [1.29, 1.82) is 0 Å². The zero-order chi connectivity index (χ0) is 25.5. The number of anilines is 1. The van der Waals surface area contributed by atoms with E-state index in [1.54, 1.807) is 42.5 Å². The Labute approximate surface area is 212 Å². The van der Waals surface area contributed by atoms with Crippen LogP contribution in [0.1, 0.15) is 22.7 Å². The lowest BCUT2D eigenvalue weighted by molar-refractivity contribution is -0.120. The van der Waals surface area contributed by atoms with Crippen molar-refractivity contribution >= 4 is 21.6 Å². The van der Waals surface area contributed by atoms with Crippen LogP contribution in [0.15, 0.2) is 114 Å². The molecule has 4 rings (SSSR count). The standard InChI is InChI=1S/C29H28N2O4S/c1-22-16-18-24(19-17-22)29(23-10-5-3-6-11-23)30-28(32)21-31(25-12-9-13-26(20-25)35-2)36(33,34)27-14-7-4-8-15-27/h3-20,29H,21H2,1-2H3,(H,30,32)/t29-/m1/s1. The Morgan fingerprint density at radius 1 is 0.833 bits per heavy atom. The molecule has 0 unspecified atom stereocenters. The molecule has 0 aliphatic rings. The third kappa shape index (κ3) is 5.75. The van der Waals surface area contributed by atoms with Gasteiger partial charge in [-0.05, 0) is 42.3 Å². The van der Waals surface area contributed by atoms with Crippen LogP contribution in [0.3, 0.4) is 0 Å². The Balaban J connectivity index is 1.69. The van der Waals surface area contributed by atoms with E-state index in [0.717, 1.165) is 21.0 Å². The molecule has 6 nitrogen and oxygen atoms in total. The van der Waals surface area contributed by atoms with Gasteiger partial charge in [0, 0.05) is 6.07 Å². The first-order valence-corrected chi connectivity index (χ1v) is 13.0. The smallest absolute Gasteiger partial charge is 0.264 e. The van der Waals surface area contributed by atoms with E-state index >= 15 is 0 Å². The maximum Gasteiger partial charge on any atom is 0.264 e. The van der Waals surface area contributed by atoms with Gasteiger partial charge in [0.2, 0.25) is 5.91 Å². The third-order valence-corrected chi connectivity index (χ3v) is 7.60. The van der Waals surface area contributed by atoms with E-state index in [4.69, 9.17) is 4.74 Å². The molecular formula is C29H28N2O4S. The minimum Gasteiger partial charge on any atom is -0.497 e. The van der Waals surface area contributed by atoms with Crippen LogP contribution in [0.5, 0.6) is 5.75 Å². The number of benzene rings is 4. The summed E-state index contributed by atoms with van der Waals surface area (Å²) in [5.41, 5.74) is 3.24. The minimum atomic E-state index is -4.03. The highest BCUT2D eigenvalue weighted by Gasteiger charge is 2.28. The number of nitrogens with zero attached hydrogens (tertiary/aromatic N) is 1. The van der Waals surface area contributed by atoms with Crippen LogP contribution in [0.25, 0.3) is 0 Å². The topological polar surface area (TPSA) is 75.7 Å². The Hall–Kier alpha value is -4.10. The van der Waals surface area contributed by atoms with Gasteiger partial charge >= 0.3 is 0 Å². The van der Waals surface area contributed by atoms with E-state index < -0.39 is 28.5 Å². The summed E-state index contributed by atoms with van der Waals surface area (Å²) in [6, 6.07) is 31.8. The summed E-state index contributed by atoms with van der Waals surface area (Å²) in [7, 11) is -2.52. The lowest BCUT2D eigenvalue weighted by atomic mass is 9.98. The summed E-state index contributed by atoms with van der Waals surface area (Å²) in [6.07, 6.45) is 0. The fourth-order valence-electron chi connectivity index (χ4n) is 3.90. The molecule has 184 valence electrons. The molecule has 7 heteroatoms. The van der Waals surface area contributed by atoms with Gasteiger partial charge in [-0.15, -0.1) is 0 Å². The van der Waals surface area contributed by atoms with Gasteiger partial charge in [-0.1, -0.05) is 84.4 Å². The molecule has 0 fully saturated rings. The van der Waals surface area contributed by atoms with Gasteiger partial charge in [-0.2, -0.15) is 0 Å². The maximum absolute atomic E-state index is 13.6. The van der Waals surface area contributed by atoms with Crippen molar-refractivity contribution in [3.8, 4) is 5.75 Å². The van der Waals surface area contributed by atoms with Gasteiger partial charge in [0.1, 0.15) is 12.3 Å². The van der Waals surface area contributed by atoms with Crippen molar-refractivity contribution in [1.82, 2.24) is 5.32 Å². The number of sulfonamides is 1. The number of hydrogen-bond acceptors (Lipinski definition) is 4. The van der Waals surface area contributed by atoms with Crippen molar-refractivity contribution in [2.75, 3.05) is 18.0 Å². The maximum atomic E-state index is 13.6. The summed E-state index contributed by atoms with van der Waals surface area (Å²) in [6.45, 7) is 1.60. The first kappa shape index (κ1) is 25.0. The number of carbonyl (C=O) groups is 1. The normalized spacial score (nSPS) is 11.9. The molecule has 0 radical (unpaired) electrons. The van der Waals surface area contributed by atoms with Gasteiger partial charge in [0.15, 0.2) is 0 Å². The van der Waals surface area contributed by atoms with E-state index in [9.17, 15) is 13.2 Å². The molecule has 1 amide bonds. The van der Waals surface area contributed by atoms with Crippen LogP contribution in [-0.4, -0.2) is 28.0 Å². The Morgan fingerprint density at radius 3 is 2.08 bits per heavy atom. The zero-order valence-electron chi connectivity index (χ0n) is 20.2. The number of ether oxygens (including phenoxy) is 1. The van der Waals surface area contributed by atoms with Crippen LogP contribution in [-0.2, 0) is 14.8 Å². The van der Waals surface area contributed by atoms with Crippen molar-refractivity contribution in [2.24, 2.45) is 0 Å². The number of hydrogen-bond donors (Lipinski definition) is 1. The molecule has 0 aliphatic carbocycles. The average Bonchev–Trinajstić information content (AvgIpc) is 2.92. The fourth-order valence-corrected chi connectivity index (χ4v) is 5.33. The number of methoxy groups -OCH3 is 1. The molecular weight excluding hydrogens is 472 g/mol. The second-order valence-corrected chi connectivity index (χ2v) is 10.2. The van der Waals surface area contributed by atoms with Crippen LogP contribution < -0.4 is 14.4 Å². The molecule has 1 atom stereocenters. The minimum absolute atomic E-state index is 0.0961. The van der Waals surface area contributed by atoms with E-state index in [1.807, 2.05) is 61.5 Å². The molecule has 36 heavy (non-hydrogen) atoms. The number of aryl methyl sites for hydroxylation is 1. The second kappa shape index (κ2) is 11.1. The van der Waals surface area contributed by atoms with Crippen LogP contribution in [0, 0.1) is 6.92 Å². The Bertz CT molecular complexity index is 1410. The molecule has 4 aromatic carbocycles. The highest BCUT2D eigenvalue weighted by atomic mass is 32.2. The lowest BCUT2D eigenvalue weighted by Gasteiger charge is -2.26. The number of amides is 1. The lowest BCUT2D eigenvalue weighted by Crippen LogP contribution is -2.42. The summed E-state index contributed by atoms with van der Waals surface area (Å²) in [5.74, 6) is 0.0507. The van der Waals surface area contributed by atoms with Gasteiger partial charge in [0.05, 0.1) is 23.7 Å². The van der Waals surface area contributed by atoms with Crippen molar-refractivity contribution < 1.29 is 17.9 Å². The number of carbonyl (C=O) groups excluding carboxylic acids is 1. The molecule has 4 aromatic rings. The highest BCUT2D eigenvalue weighted by molar-refractivity contribution is 7.92. The quantitative estimate of drug-likeness (QED) is 0.347. The van der Waals surface area contributed by atoms with Crippen molar-refractivity contribution in [3.63, 3.8) is 0 Å². The third-order valence-electron chi connectivity index (χ3n) is 5.81. The predicted octanol–water partition coefficient (Wildman–Crippen LogP) is 5.10. The van der Waals surface area contributed by atoms with Crippen molar-refractivity contribution in [3.05, 3.63) is 126 Å². The van der Waals surface area contributed by atoms with Gasteiger partial charge in [-0.3, -0.25) is 9.10 Å². The average molecular weight is 501 g/mol. The summed E-state index contributed by atoms with van der Waals surface area (Å²) in [5, 5.41) is 3.05. The molecule has 0 bridgehead atoms. The van der Waals surface area contributed by atoms with E-state index in [2.05, 4.69) is 5.32 Å². The molecule has 0 aliphatic heterocycles. The first-order valence-electron chi connectivity index (χ1n) is 11.5. The number of nitrogens with one attached hydrogen (secondary N) is 1. The second-order valence-electron chi connectivity index (χ2n) is 8.35. The van der Waals surface area contributed by atoms with Crippen molar-refractivity contribution in [2.45, 2.75) is 17.9 Å². The summed E-state index contributed by atoms with van der Waals surface area (Å²) >= 11 is 0. The monoisotopic (exact) mass is 500 g/mol. The van der Waals surface area contributed by atoms with Crippen LogP contribution in [0.2, 0.25) is 0 Å². The number of rotatable bonds is 9. The summed E-state index contributed by atoms with van der Waals surface area (Å²) in [4.78, 5) is 13.5. The van der Waals surface area contributed by atoms with E-state index in [1.165, 1.54) is 19.2 Å². The summed E-state index contributed by atoms with van der Waals surface area (Å²) < 4.78 is 33.7.